The van der Waals surface area contributed by atoms with Crippen LogP contribution in [-0.2, 0) is 6.54 Å². The molecule has 0 bridgehead atoms. The molecule has 5 aromatic rings. The SMILES string of the molecule is NC(=O)c1nc(-c2ccc(N(Cc3ccccc3)C(=O)c3ccc(O)cc3O)cc2)c2ccccc2n1. The number of anilines is 1. The van der Waals surface area contributed by atoms with Gasteiger partial charge in [-0.2, -0.15) is 0 Å². The molecule has 4 N–H and O–H groups in total. The van der Waals surface area contributed by atoms with Crippen molar-refractivity contribution in [2.45, 2.75) is 6.54 Å². The molecular weight excluding hydrogens is 468 g/mol. The largest absolute Gasteiger partial charge is 0.508 e. The number of benzene rings is 4. The number of hydrogen-bond acceptors (Lipinski definition) is 6. The second kappa shape index (κ2) is 9.79. The quantitative estimate of drug-likeness (QED) is 0.318. The van der Waals surface area contributed by atoms with Crippen LogP contribution in [0.15, 0.2) is 97.1 Å². The zero-order chi connectivity index (χ0) is 25.9. The maximum absolute atomic E-state index is 13.5. The highest BCUT2D eigenvalue weighted by atomic mass is 16.3. The topological polar surface area (TPSA) is 130 Å². The van der Waals surface area contributed by atoms with Crippen molar-refractivity contribution in [3.8, 4) is 22.8 Å². The summed E-state index contributed by atoms with van der Waals surface area (Å²) in [5.41, 5.74) is 8.84. The highest BCUT2D eigenvalue weighted by molar-refractivity contribution is 6.08. The zero-order valence-electron chi connectivity index (χ0n) is 19.6. The lowest BCUT2D eigenvalue weighted by Gasteiger charge is -2.24. The molecule has 8 nitrogen and oxygen atoms in total. The minimum atomic E-state index is -0.725. The number of amides is 2. The monoisotopic (exact) mass is 490 g/mol. The van der Waals surface area contributed by atoms with Crippen LogP contribution in [-0.4, -0.2) is 32.0 Å². The normalized spacial score (nSPS) is 10.8. The van der Waals surface area contributed by atoms with Gasteiger partial charge in [0.1, 0.15) is 11.5 Å². The average Bonchev–Trinajstić information content (AvgIpc) is 2.91. The number of phenols is 2. The van der Waals surface area contributed by atoms with Gasteiger partial charge in [-0.05, 0) is 35.9 Å². The lowest BCUT2D eigenvalue weighted by atomic mass is 10.0. The Labute approximate surface area is 212 Å². The molecular formula is C29H22N4O4. The summed E-state index contributed by atoms with van der Waals surface area (Å²) in [7, 11) is 0. The first-order chi connectivity index (χ1) is 17.9. The third-order valence-electron chi connectivity index (χ3n) is 5.92. The van der Waals surface area contributed by atoms with Gasteiger partial charge in [-0.1, -0.05) is 60.7 Å². The molecule has 37 heavy (non-hydrogen) atoms. The fourth-order valence-electron chi connectivity index (χ4n) is 4.10. The molecule has 4 aromatic carbocycles. The number of phenolic OH excluding ortho intramolecular Hbond substituents is 2. The Morgan fingerprint density at radius 3 is 2.22 bits per heavy atom. The smallest absolute Gasteiger partial charge is 0.286 e. The first kappa shape index (κ1) is 23.5. The number of rotatable bonds is 6. The number of aromatic nitrogens is 2. The van der Waals surface area contributed by atoms with E-state index in [1.807, 2.05) is 48.5 Å². The molecule has 0 aliphatic carbocycles. The number of carbonyl (C=O) groups excluding carboxylic acids is 2. The molecule has 2 amide bonds. The van der Waals surface area contributed by atoms with Crippen LogP contribution >= 0.6 is 0 Å². The fourth-order valence-corrected chi connectivity index (χ4v) is 4.10. The van der Waals surface area contributed by atoms with E-state index in [1.54, 1.807) is 30.3 Å². The number of fused-ring (bicyclic) bond motifs is 1. The molecule has 0 aliphatic heterocycles. The van der Waals surface area contributed by atoms with Crippen LogP contribution in [0.5, 0.6) is 11.5 Å². The Morgan fingerprint density at radius 1 is 0.811 bits per heavy atom. The Morgan fingerprint density at radius 2 is 1.51 bits per heavy atom. The molecule has 0 radical (unpaired) electrons. The highest BCUT2D eigenvalue weighted by Gasteiger charge is 2.22. The number of hydrogen-bond donors (Lipinski definition) is 3. The van der Waals surface area contributed by atoms with Crippen molar-refractivity contribution in [2.75, 3.05) is 4.90 Å². The van der Waals surface area contributed by atoms with Crippen molar-refractivity contribution >= 4 is 28.4 Å². The summed E-state index contributed by atoms with van der Waals surface area (Å²) in [4.78, 5) is 35.5. The predicted molar refractivity (Wildman–Crippen MR) is 140 cm³/mol. The van der Waals surface area contributed by atoms with Crippen molar-refractivity contribution in [3.63, 3.8) is 0 Å². The third-order valence-corrected chi connectivity index (χ3v) is 5.92. The lowest BCUT2D eigenvalue weighted by molar-refractivity contribution is 0.0977. The Hall–Kier alpha value is -5.24. The molecule has 0 aliphatic rings. The molecule has 182 valence electrons. The Balaban J connectivity index is 1.57. The van der Waals surface area contributed by atoms with E-state index in [-0.39, 0.29) is 29.4 Å². The van der Waals surface area contributed by atoms with Crippen molar-refractivity contribution < 1.29 is 19.8 Å². The van der Waals surface area contributed by atoms with Crippen molar-refractivity contribution in [1.82, 2.24) is 9.97 Å². The molecule has 0 saturated carbocycles. The van der Waals surface area contributed by atoms with E-state index < -0.39 is 11.8 Å². The summed E-state index contributed by atoms with van der Waals surface area (Å²) >= 11 is 0. The average molecular weight is 491 g/mol. The van der Waals surface area contributed by atoms with Gasteiger partial charge in [0.05, 0.1) is 23.3 Å². The molecule has 1 aromatic heterocycles. The molecule has 1 heterocycles. The van der Waals surface area contributed by atoms with E-state index in [0.29, 0.717) is 22.5 Å². The summed E-state index contributed by atoms with van der Waals surface area (Å²) in [6.07, 6.45) is 0. The van der Waals surface area contributed by atoms with E-state index in [1.165, 1.54) is 17.0 Å². The van der Waals surface area contributed by atoms with Gasteiger partial charge in [-0.3, -0.25) is 9.59 Å². The summed E-state index contributed by atoms with van der Waals surface area (Å²) < 4.78 is 0. The molecule has 0 unspecified atom stereocenters. The molecule has 5 rings (SSSR count). The Kier molecular flexibility index (Phi) is 6.22. The summed E-state index contributed by atoms with van der Waals surface area (Å²) in [5, 5.41) is 20.7. The lowest BCUT2D eigenvalue weighted by Crippen LogP contribution is -2.30. The van der Waals surface area contributed by atoms with Crippen LogP contribution in [0, 0.1) is 0 Å². The standard InChI is InChI=1S/C29H22N4O4/c30-27(36)28-31-24-9-5-4-8-22(24)26(32-28)19-10-12-20(13-11-19)33(17-18-6-2-1-3-7-18)29(37)23-15-14-21(34)16-25(23)35/h1-16,34-35H,17H2,(H2,30,36). The summed E-state index contributed by atoms with van der Waals surface area (Å²) in [6.45, 7) is 0.252. The van der Waals surface area contributed by atoms with Gasteiger partial charge >= 0.3 is 0 Å². The van der Waals surface area contributed by atoms with Crippen molar-refractivity contribution in [1.29, 1.82) is 0 Å². The van der Waals surface area contributed by atoms with E-state index in [2.05, 4.69) is 9.97 Å². The van der Waals surface area contributed by atoms with Gasteiger partial charge in [0.25, 0.3) is 11.8 Å². The number of nitrogens with zero attached hydrogens (tertiary/aromatic N) is 3. The third kappa shape index (κ3) is 4.81. The van der Waals surface area contributed by atoms with Crippen LogP contribution in [0.25, 0.3) is 22.2 Å². The second-order valence-electron chi connectivity index (χ2n) is 8.40. The highest BCUT2D eigenvalue weighted by Crippen LogP contribution is 2.31. The van der Waals surface area contributed by atoms with Crippen LogP contribution in [0.1, 0.15) is 26.5 Å². The van der Waals surface area contributed by atoms with Crippen molar-refractivity contribution in [3.05, 3.63) is 114 Å². The molecule has 0 atom stereocenters. The van der Waals surface area contributed by atoms with Crippen molar-refractivity contribution in [2.24, 2.45) is 5.73 Å². The molecule has 0 spiro atoms. The molecule has 8 heteroatoms. The first-order valence-electron chi connectivity index (χ1n) is 11.5. The summed E-state index contributed by atoms with van der Waals surface area (Å²) in [5.74, 6) is -1.69. The maximum Gasteiger partial charge on any atom is 0.286 e. The van der Waals surface area contributed by atoms with E-state index in [9.17, 15) is 19.8 Å². The number of carbonyl (C=O) groups is 2. The number of primary amides is 1. The van der Waals surface area contributed by atoms with Crippen LogP contribution in [0.2, 0.25) is 0 Å². The minimum Gasteiger partial charge on any atom is -0.508 e. The van der Waals surface area contributed by atoms with Gasteiger partial charge in [-0.25, -0.2) is 9.97 Å². The van der Waals surface area contributed by atoms with Crippen LogP contribution in [0.4, 0.5) is 5.69 Å². The first-order valence-corrected chi connectivity index (χ1v) is 11.5. The minimum absolute atomic E-state index is 0.0608. The van der Waals surface area contributed by atoms with E-state index >= 15 is 0 Å². The van der Waals surface area contributed by atoms with Gasteiger partial charge in [-0.15, -0.1) is 0 Å². The van der Waals surface area contributed by atoms with E-state index in [4.69, 9.17) is 5.73 Å². The number of nitrogens with two attached hydrogens (primary N) is 1. The fraction of sp³-hybridized carbons (Fsp3) is 0.0345. The summed E-state index contributed by atoms with van der Waals surface area (Å²) in [6, 6.07) is 27.8. The Bertz CT molecular complexity index is 1620. The van der Waals surface area contributed by atoms with Gasteiger partial charge in [0.2, 0.25) is 5.82 Å². The number of para-hydroxylation sites is 1. The number of aromatic hydroxyl groups is 2. The molecule has 0 saturated heterocycles. The van der Waals surface area contributed by atoms with Gasteiger partial charge < -0.3 is 20.8 Å². The maximum atomic E-state index is 13.5. The van der Waals surface area contributed by atoms with Gasteiger partial charge in [0.15, 0.2) is 0 Å². The zero-order valence-corrected chi connectivity index (χ0v) is 19.6. The van der Waals surface area contributed by atoms with Crippen LogP contribution in [0.3, 0.4) is 0 Å². The van der Waals surface area contributed by atoms with E-state index in [0.717, 1.165) is 17.0 Å². The predicted octanol–water partition coefficient (Wildman–Crippen LogP) is 4.65. The van der Waals surface area contributed by atoms with Crippen LogP contribution < -0.4 is 10.6 Å². The second-order valence-corrected chi connectivity index (χ2v) is 8.40. The molecule has 0 fully saturated rings. The van der Waals surface area contributed by atoms with Gasteiger partial charge in [0, 0.05) is 22.7 Å².